The Kier molecular flexibility index (Phi) is 23.9. The Bertz CT molecular complexity index is 2920. The number of ketones is 1. The standard InChI is InChI=1S/C66H74Cl3NO13Si/c1-6-39-75-63-61(82-55(72)38-37-46(2)71)60(78-43-50-31-19-10-20-32-50)58(54(81-63)45-79-84(65(3,4)5,51-33-21-11-22-34-51)52-35-23-12-24-36-52)83-62-56(70-64(73)66(67,68)69)59(77-42-49-29-17-9-18-30-49)57(76-41-48-27-15-8-16-28-48)53(80-62)44-74-40-47-25-13-7-14-26-47/h6-36,53-54,56-63H,1,37-45H2,2-5H3,(H,70,73)/t53-,54-,56-,57+,58+,59-,60-,61+,62+,63+/m1/s1. The van der Waals surface area contributed by atoms with E-state index in [9.17, 15) is 14.4 Å². The molecule has 2 heterocycles. The average Bonchev–Trinajstić information content (AvgIpc) is 1.02. The van der Waals surface area contributed by atoms with Crippen molar-refractivity contribution in [2.45, 2.75) is 137 Å². The van der Waals surface area contributed by atoms with Crippen molar-refractivity contribution in [2.24, 2.45) is 0 Å². The summed E-state index contributed by atoms with van der Waals surface area (Å²) >= 11 is 19.3. The monoisotopic (exact) mass is 1220 g/mol. The van der Waals surface area contributed by atoms with Gasteiger partial charge in [0.2, 0.25) is 0 Å². The SMILES string of the molecule is C=CCO[C@H]1O[C@H](CO[Si](c2ccccc2)(c2ccccc2)C(C)(C)C)[C@H](O[C@@H]2O[C@H](COCc3ccccc3)[C@H](OCc3ccccc3)[C@H](OCc3ccccc3)[C@H]2NC(=O)C(Cl)(Cl)Cl)[C@@H](OCc2ccccc2)[C@@H]1OC(=O)CCC(C)=O. The molecule has 6 aromatic carbocycles. The van der Waals surface area contributed by atoms with Crippen LogP contribution in [-0.2, 0) is 87.9 Å². The molecule has 0 radical (unpaired) electrons. The fourth-order valence-electron chi connectivity index (χ4n) is 10.5. The van der Waals surface area contributed by atoms with Crippen molar-refractivity contribution < 1.29 is 61.4 Å². The fraction of sp³-hybridized carbons (Fsp3) is 0.379. The Hall–Kier alpha value is -5.60. The van der Waals surface area contributed by atoms with Crippen LogP contribution in [0.4, 0.5) is 0 Å². The van der Waals surface area contributed by atoms with Gasteiger partial charge in [0.15, 0.2) is 18.7 Å². The molecular formula is C66H74Cl3NO13Si. The second-order valence-corrected chi connectivity index (χ2v) is 28.3. The third kappa shape index (κ3) is 17.5. The second kappa shape index (κ2) is 31.2. The highest BCUT2D eigenvalue weighted by Crippen LogP contribution is 2.40. The fourth-order valence-corrected chi connectivity index (χ4v) is 15.2. The van der Waals surface area contributed by atoms with Gasteiger partial charge in [0.25, 0.3) is 18.0 Å². The molecule has 0 aromatic heterocycles. The van der Waals surface area contributed by atoms with Crippen molar-refractivity contribution in [2.75, 3.05) is 19.8 Å². The molecule has 0 unspecified atom stereocenters. The molecule has 2 saturated heterocycles. The maximum Gasteiger partial charge on any atom is 0.306 e. The van der Waals surface area contributed by atoms with Gasteiger partial charge in [-0.2, -0.15) is 0 Å². The minimum atomic E-state index is -3.37. The number of benzene rings is 6. The number of nitrogens with one attached hydrogen (secondary N) is 1. The number of halogens is 3. The van der Waals surface area contributed by atoms with Crippen molar-refractivity contribution in [3.63, 3.8) is 0 Å². The van der Waals surface area contributed by atoms with E-state index in [1.165, 1.54) is 6.92 Å². The lowest BCUT2D eigenvalue weighted by molar-refractivity contribution is -0.355. The maximum atomic E-state index is 14.4. The van der Waals surface area contributed by atoms with Crippen LogP contribution in [0.15, 0.2) is 195 Å². The topological polar surface area (TPSA) is 156 Å². The predicted octanol–water partition coefficient (Wildman–Crippen LogP) is 10.7. The van der Waals surface area contributed by atoms with E-state index in [0.29, 0.717) is 0 Å². The number of alkyl halides is 3. The Morgan fingerprint density at radius 3 is 1.45 bits per heavy atom. The first-order chi connectivity index (χ1) is 40.5. The zero-order valence-corrected chi connectivity index (χ0v) is 51.0. The molecule has 14 nitrogen and oxygen atoms in total. The third-order valence-corrected chi connectivity index (χ3v) is 20.1. The van der Waals surface area contributed by atoms with Crippen molar-refractivity contribution in [3.8, 4) is 0 Å². The first kappa shape index (κ1) is 64.4. The third-order valence-electron chi connectivity index (χ3n) is 14.5. The second-order valence-electron chi connectivity index (χ2n) is 21.7. The van der Waals surface area contributed by atoms with Crippen molar-refractivity contribution in [3.05, 3.63) is 217 Å². The first-order valence-electron chi connectivity index (χ1n) is 28.1. The number of hydrogen-bond acceptors (Lipinski definition) is 13. The van der Waals surface area contributed by atoms with E-state index < -0.39 is 90.4 Å². The molecule has 84 heavy (non-hydrogen) atoms. The van der Waals surface area contributed by atoms with Gasteiger partial charge in [0.1, 0.15) is 48.4 Å². The summed E-state index contributed by atoms with van der Waals surface area (Å²) in [7, 11) is -3.37. The van der Waals surface area contributed by atoms with E-state index in [2.05, 4.69) is 56.9 Å². The van der Waals surface area contributed by atoms with Gasteiger partial charge in [-0.15, -0.1) is 6.58 Å². The molecule has 1 N–H and O–H groups in total. The number of esters is 1. The predicted molar refractivity (Wildman–Crippen MR) is 325 cm³/mol. The summed E-state index contributed by atoms with van der Waals surface area (Å²) in [4.78, 5) is 40.8. The molecule has 1 amide bonds. The molecule has 18 heteroatoms. The van der Waals surface area contributed by atoms with E-state index >= 15 is 0 Å². The number of rotatable bonds is 28. The lowest BCUT2D eigenvalue weighted by Gasteiger charge is -2.51. The van der Waals surface area contributed by atoms with Gasteiger partial charge in [-0.3, -0.25) is 9.59 Å². The quantitative estimate of drug-likeness (QED) is 0.0215. The van der Waals surface area contributed by atoms with E-state index in [1.54, 1.807) is 6.08 Å². The Balaban J connectivity index is 1.30. The van der Waals surface area contributed by atoms with E-state index in [1.807, 2.05) is 158 Å². The van der Waals surface area contributed by atoms with Gasteiger partial charge < -0.3 is 57.2 Å². The minimum Gasteiger partial charge on any atom is -0.454 e. The summed E-state index contributed by atoms with van der Waals surface area (Å²) in [5.74, 6) is -1.94. The number of hydrogen-bond donors (Lipinski definition) is 1. The normalized spacial score (nSPS) is 22.8. The van der Waals surface area contributed by atoms with Gasteiger partial charge in [0, 0.05) is 6.42 Å². The summed E-state index contributed by atoms with van der Waals surface area (Å²) in [5.41, 5.74) is 3.34. The van der Waals surface area contributed by atoms with Crippen LogP contribution in [0.1, 0.15) is 62.8 Å². The van der Waals surface area contributed by atoms with Crippen LogP contribution in [0.25, 0.3) is 0 Å². The molecule has 8 rings (SSSR count). The lowest BCUT2D eigenvalue weighted by Crippen LogP contribution is -2.70. The number of amides is 1. The van der Waals surface area contributed by atoms with E-state index in [4.69, 9.17) is 81.9 Å². The molecule has 10 atom stereocenters. The van der Waals surface area contributed by atoms with E-state index in [0.717, 1.165) is 32.6 Å². The number of carbonyl (C=O) groups excluding carboxylic acids is 3. The minimum absolute atomic E-state index is 0.0174. The van der Waals surface area contributed by atoms with Gasteiger partial charge in [-0.1, -0.05) is 244 Å². The van der Waals surface area contributed by atoms with Crippen LogP contribution in [0, 0.1) is 0 Å². The highest BCUT2D eigenvalue weighted by Gasteiger charge is 2.57. The molecule has 2 fully saturated rings. The van der Waals surface area contributed by atoms with Crippen molar-refractivity contribution >= 4 is 71.2 Å². The molecule has 2 aliphatic rings. The lowest BCUT2D eigenvalue weighted by atomic mass is 9.94. The smallest absolute Gasteiger partial charge is 0.306 e. The van der Waals surface area contributed by atoms with Crippen LogP contribution in [-0.4, -0.2) is 111 Å². The zero-order valence-electron chi connectivity index (χ0n) is 47.7. The number of ether oxygens (including phenoxy) is 9. The van der Waals surface area contributed by atoms with Gasteiger partial charge in [-0.05, 0) is 44.6 Å². The zero-order chi connectivity index (χ0) is 59.5. The average molecular weight is 1220 g/mol. The molecule has 6 aromatic rings. The molecule has 0 spiro atoms. The molecule has 2 aliphatic heterocycles. The van der Waals surface area contributed by atoms with Crippen LogP contribution in [0.2, 0.25) is 5.04 Å². The highest BCUT2D eigenvalue weighted by molar-refractivity contribution is 6.99. The van der Waals surface area contributed by atoms with E-state index in [-0.39, 0.29) is 64.9 Å². The molecule has 0 saturated carbocycles. The number of carbonyl (C=O) groups is 3. The van der Waals surface area contributed by atoms with Crippen molar-refractivity contribution in [1.82, 2.24) is 5.32 Å². The largest absolute Gasteiger partial charge is 0.454 e. The summed E-state index contributed by atoms with van der Waals surface area (Å²) < 4.78 is 67.1. The Morgan fingerprint density at radius 1 is 0.548 bits per heavy atom. The van der Waals surface area contributed by atoms with Crippen LogP contribution >= 0.6 is 34.8 Å². The highest BCUT2D eigenvalue weighted by atomic mass is 35.6. The maximum absolute atomic E-state index is 14.4. The molecular weight excluding hydrogens is 1150 g/mol. The summed E-state index contributed by atoms with van der Waals surface area (Å²) in [6, 6.07) is 57.1. The van der Waals surface area contributed by atoms with Gasteiger partial charge >= 0.3 is 5.97 Å². The number of Topliss-reactive ketones (excluding diaryl/α,β-unsaturated/α-hetero) is 1. The van der Waals surface area contributed by atoms with Crippen LogP contribution in [0.5, 0.6) is 0 Å². The molecule has 0 aliphatic carbocycles. The molecule has 446 valence electrons. The van der Waals surface area contributed by atoms with Gasteiger partial charge in [-0.25, -0.2) is 0 Å². The Morgan fingerprint density at radius 2 is 0.988 bits per heavy atom. The Labute approximate surface area is 509 Å². The van der Waals surface area contributed by atoms with Crippen LogP contribution < -0.4 is 15.7 Å². The van der Waals surface area contributed by atoms with Gasteiger partial charge in [0.05, 0.1) is 52.7 Å². The van der Waals surface area contributed by atoms with Crippen molar-refractivity contribution in [1.29, 1.82) is 0 Å². The molecule has 0 bridgehead atoms. The summed E-state index contributed by atoms with van der Waals surface area (Å²) in [6.07, 6.45) is -9.80. The summed E-state index contributed by atoms with van der Waals surface area (Å²) in [5, 5.41) is 4.43. The summed E-state index contributed by atoms with van der Waals surface area (Å²) in [6.45, 7) is 11.9. The van der Waals surface area contributed by atoms with Crippen LogP contribution in [0.3, 0.4) is 0 Å². The first-order valence-corrected chi connectivity index (χ1v) is 31.2.